The first-order valence-electron chi connectivity index (χ1n) is 8.51. The Morgan fingerprint density at radius 3 is 2.60 bits per heavy atom. The molecule has 3 aromatic carbocycles. The number of ether oxygens (including phenoxy) is 1. The summed E-state index contributed by atoms with van der Waals surface area (Å²) < 4.78 is 6.43. The minimum Gasteiger partial charge on any atom is -0.456 e. The lowest BCUT2D eigenvalue weighted by atomic mass is 10.2. The van der Waals surface area contributed by atoms with Crippen molar-refractivity contribution in [1.82, 2.24) is 5.43 Å². The highest BCUT2D eigenvalue weighted by Gasteiger charge is 2.12. The number of carbonyl (C=O) groups is 1. The van der Waals surface area contributed by atoms with Crippen LogP contribution in [-0.2, 0) is 0 Å². The molecule has 8 nitrogen and oxygen atoms in total. The van der Waals surface area contributed by atoms with Crippen molar-refractivity contribution >= 4 is 33.7 Å². The molecule has 0 radical (unpaired) electrons. The van der Waals surface area contributed by atoms with E-state index in [0.29, 0.717) is 16.9 Å². The number of hydrogen-bond donors (Lipinski definition) is 1. The van der Waals surface area contributed by atoms with Gasteiger partial charge in [-0.2, -0.15) is 10.4 Å². The number of benzene rings is 3. The fraction of sp³-hybridized carbons (Fsp3) is 0. The van der Waals surface area contributed by atoms with Crippen LogP contribution >= 0.6 is 15.9 Å². The maximum atomic E-state index is 12.0. The highest BCUT2D eigenvalue weighted by atomic mass is 79.9. The van der Waals surface area contributed by atoms with Gasteiger partial charge in [0.25, 0.3) is 11.6 Å². The van der Waals surface area contributed by atoms with Gasteiger partial charge in [-0.05, 0) is 54.1 Å². The molecule has 0 aliphatic rings. The lowest BCUT2D eigenvalue weighted by molar-refractivity contribution is -0.384. The number of hydrazone groups is 1. The molecule has 1 N–H and O–H groups in total. The van der Waals surface area contributed by atoms with E-state index in [4.69, 9.17) is 4.74 Å². The van der Waals surface area contributed by atoms with Crippen LogP contribution < -0.4 is 10.2 Å². The number of nitriles is 1. The van der Waals surface area contributed by atoms with Crippen LogP contribution in [0, 0.1) is 21.4 Å². The number of nitrogens with zero attached hydrogens (tertiary/aromatic N) is 3. The van der Waals surface area contributed by atoms with E-state index >= 15 is 0 Å². The van der Waals surface area contributed by atoms with Gasteiger partial charge in [-0.25, -0.2) is 5.43 Å². The molecule has 0 bridgehead atoms. The molecule has 0 aliphatic carbocycles. The van der Waals surface area contributed by atoms with Crippen LogP contribution in [0.1, 0.15) is 21.5 Å². The zero-order chi connectivity index (χ0) is 21.5. The summed E-state index contributed by atoms with van der Waals surface area (Å²) in [5.74, 6) is 0.316. The molecular formula is C21H13BrN4O4. The van der Waals surface area contributed by atoms with Crippen molar-refractivity contribution < 1.29 is 14.5 Å². The summed E-state index contributed by atoms with van der Waals surface area (Å²) in [7, 11) is 0. The number of rotatable bonds is 6. The quantitative estimate of drug-likeness (QED) is 0.319. The van der Waals surface area contributed by atoms with Crippen molar-refractivity contribution in [2.24, 2.45) is 5.10 Å². The lowest BCUT2D eigenvalue weighted by Crippen LogP contribution is -2.17. The number of nitrogens with one attached hydrogen (secondary N) is 1. The Kier molecular flexibility index (Phi) is 6.52. The number of nitro groups is 1. The van der Waals surface area contributed by atoms with E-state index < -0.39 is 4.92 Å². The van der Waals surface area contributed by atoms with Crippen LogP contribution in [-0.4, -0.2) is 17.0 Å². The molecule has 1 amide bonds. The van der Waals surface area contributed by atoms with Gasteiger partial charge in [0.1, 0.15) is 23.1 Å². The fourth-order valence-corrected chi connectivity index (χ4v) is 2.82. The molecule has 0 aromatic heterocycles. The van der Waals surface area contributed by atoms with Gasteiger partial charge in [-0.1, -0.05) is 22.0 Å². The van der Waals surface area contributed by atoms with Gasteiger partial charge < -0.3 is 4.74 Å². The molecule has 3 aromatic rings. The minimum atomic E-state index is -0.575. The minimum absolute atomic E-state index is 0.0603. The summed E-state index contributed by atoms with van der Waals surface area (Å²) in [6.07, 6.45) is 1.48. The van der Waals surface area contributed by atoms with Gasteiger partial charge in [0.2, 0.25) is 0 Å². The van der Waals surface area contributed by atoms with E-state index in [9.17, 15) is 20.2 Å². The van der Waals surface area contributed by atoms with Crippen LogP contribution in [0.4, 0.5) is 5.69 Å². The summed E-state index contributed by atoms with van der Waals surface area (Å²) >= 11 is 3.31. The largest absolute Gasteiger partial charge is 0.456 e. The SMILES string of the molecule is N#Cc1cc([N+](=O)[O-])ccc1Oc1ccc(/C=N\NC(=O)c2cccc(Br)c2)cc1. The first kappa shape index (κ1) is 20.7. The third-order valence-corrected chi connectivity index (χ3v) is 4.36. The fourth-order valence-electron chi connectivity index (χ4n) is 2.42. The number of carbonyl (C=O) groups excluding carboxylic acids is 1. The molecule has 0 saturated carbocycles. The van der Waals surface area contributed by atoms with Crippen molar-refractivity contribution in [3.63, 3.8) is 0 Å². The van der Waals surface area contributed by atoms with Crippen molar-refractivity contribution in [2.45, 2.75) is 0 Å². The first-order chi connectivity index (χ1) is 14.5. The van der Waals surface area contributed by atoms with E-state index in [2.05, 4.69) is 26.5 Å². The van der Waals surface area contributed by atoms with Gasteiger partial charge in [0.05, 0.1) is 11.1 Å². The predicted octanol–water partition coefficient (Wildman–Crippen LogP) is 4.79. The van der Waals surface area contributed by atoms with Crippen LogP contribution in [0.15, 0.2) is 76.3 Å². The number of non-ortho nitro benzene ring substituents is 1. The smallest absolute Gasteiger partial charge is 0.271 e. The second-order valence-electron chi connectivity index (χ2n) is 5.93. The topological polar surface area (TPSA) is 118 Å². The number of amides is 1. The van der Waals surface area contributed by atoms with Gasteiger partial charge in [-0.15, -0.1) is 0 Å². The predicted molar refractivity (Wildman–Crippen MR) is 114 cm³/mol. The van der Waals surface area contributed by atoms with E-state index in [1.165, 1.54) is 18.3 Å². The molecule has 30 heavy (non-hydrogen) atoms. The van der Waals surface area contributed by atoms with Crippen LogP contribution in [0.25, 0.3) is 0 Å². The van der Waals surface area contributed by atoms with Crippen molar-refractivity contribution in [3.05, 3.63) is 98.0 Å². The Hall–Kier alpha value is -4.03. The Bertz CT molecular complexity index is 1170. The first-order valence-corrected chi connectivity index (χ1v) is 9.31. The van der Waals surface area contributed by atoms with Crippen LogP contribution in [0.3, 0.4) is 0 Å². The molecule has 0 fully saturated rings. The molecule has 0 unspecified atom stereocenters. The van der Waals surface area contributed by atoms with Gasteiger partial charge in [0, 0.05) is 22.2 Å². The van der Waals surface area contributed by atoms with E-state index in [1.54, 1.807) is 42.5 Å². The summed E-state index contributed by atoms with van der Waals surface area (Å²) in [4.78, 5) is 22.3. The van der Waals surface area contributed by atoms with E-state index in [1.807, 2.05) is 12.1 Å². The number of hydrogen-bond acceptors (Lipinski definition) is 6. The zero-order valence-corrected chi connectivity index (χ0v) is 16.9. The molecule has 9 heteroatoms. The molecule has 0 spiro atoms. The second kappa shape index (κ2) is 9.45. The Labute approximate surface area is 179 Å². The molecule has 0 aliphatic heterocycles. The molecule has 148 valence electrons. The van der Waals surface area contributed by atoms with Crippen molar-refractivity contribution in [1.29, 1.82) is 5.26 Å². The highest BCUT2D eigenvalue weighted by molar-refractivity contribution is 9.10. The highest BCUT2D eigenvalue weighted by Crippen LogP contribution is 2.28. The Morgan fingerprint density at radius 2 is 1.93 bits per heavy atom. The van der Waals surface area contributed by atoms with E-state index in [-0.39, 0.29) is 22.9 Å². The Balaban J connectivity index is 1.64. The maximum absolute atomic E-state index is 12.0. The van der Waals surface area contributed by atoms with Crippen LogP contribution in [0.2, 0.25) is 0 Å². The third kappa shape index (κ3) is 5.27. The lowest BCUT2D eigenvalue weighted by Gasteiger charge is -2.07. The molecule has 3 rings (SSSR count). The molecule has 0 saturated heterocycles. The van der Waals surface area contributed by atoms with E-state index in [0.717, 1.165) is 10.5 Å². The molecule has 0 heterocycles. The average Bonchev–Trinajstić information content (AvgIpc) is 2.75. The van der Waals surface area contributed by atoms with Gasteiger partial charge in [0.15, 0.2) is 0 Å². The zero-order valence-electron chi connectivity index (χ0n) is 15.3. The van der Waals surface area contributed by atoms with Crippen molar-refractivity contribution in [2.75, 3.05) is 0 Å². The summed E-state index contributed by atoms with van der Waals surface area (Å²) in [5, 5.41) is 23.9. The maximum Gasteiger partial charge on any atom is 0.271 e. The standard InChI is InChI=1S/C21H13BrN4O4/c22-17-3-1-2-15(10-17)21(27)25-24-13-14-4-7-19(8-5-14)30-20-9-6-18(26(28)29)11-16(20)12-23/h1-11,13H,(H,25,27)/b24-13-. The van der Waals surface area contributed by atoms with Gasteiger partial charge in [-0.3, -0.25) is 14.9 Å². The normalized spacial score (nSPS) is 10.4. The monoisotopic (exact) mass is 464 g/mol. The molecule has 0 atom stereocenters. The molecular weight excluding hydrogens is 452 g/mol. The second-order valence-corrected chi connectivity index (χ2v) is 6.85. The van der Waals surface area contributed by atoms with Crippen molar-refractivity contribution in [3.8, 4) is 17.6 Å². The summed E-state index contributed by atoms with van der Waals surface area (Å²) in [6.45, 7) is 0. The van der Waals surface area contributed by atoms with Gasteiger partial charge >= 0.3 is 0 Å². The number of nitro benzene ring substituents is 1. The Morgan fingerprint density at radius 1 is 1.17 bits per heavy atom. The average molecular weight is 465 g/mol. The number of halogens is 1. The van der Waals surface area contributed by atoms with Crippen LogP contribution in [0.5, 0.6) is 11.5 Å². The summed E-state index contributed by atoms with van der Waals surface area (Å²) in [6, 6.07) is 19.3. The summed E-state index contributed by atoms with van der Waals surface area (Å²) in [5.41, 5.74) is 3.50. The third-order valence-electron chi connectivity index (χ3n) is 3.87.